The van der Waals surface area contributed by atoms with Gasteiger partial charge in [0.25, 0.3) is 0 Å². The van der Waals surface area contributed by atoms with Crippen LogP contribution in [0.5, 0.6) is 0 Å². The molecule has 0 radical (unpaired) electrons. The summed E-state index contributed by atoms with van der Waals surface area (Å²) < 4.78 is 5.40. The lowest BCUT2D eigenvalue weighted by atomic mass is 10.3. The largest absolute Gasteiger partial charge is 0.361 e. The lowest BCUT2D eigenvalue weighted by Crippen LogP contribution is -2.48. The summed E-state index contributed by atoms with van der Waals surface area (Å²) in [7, 11) is 1.88. The van der Waals surface area contributed by atoms with Crippen LogP contribution in [0.2, 0.25) is 0 Å². The molecule has 1 aliphatic heterocycles. The molecule has 0 aromatic carbocycles. The molecule has 70 valence electrons. The summed E-state index contributed by atoms with van der Waals surface area (Å²) in [5, 5.41) is 3.06. The molecule has 0 amide bonds. The second kappa shape index (κ2) is 5.24. The van der Waals surface area contributed by atoms with Crippen molar-refractivity contribution in [3.05, 3.63) is 0 Å². The van der Waals surface area contributed by atoms with Crippen molar-refractivity contribution in [2.24, 2.45) is 0 Å². The predicted molar refractivity (Wildman–Crippen MR) is 45.9 cm³/mol. The first-order valence-electron chi connectivity index (χ1n) is 4.31. The Morgan fingerprint density at radius 1 is 1.75 bits per heavy atom. The van der Waals surface area contributed by atoms with Gasteiger partial charge in [-0.3, -0.25) is 10.2 Å². The van der Waals surface area contributed by atoms with Gasteiger partial charge in [0.1, 0.15) is 12.5 Å². The van der Waals surface area contributed by atoms with Crippen LogP contribution in [0.1, 0.15) is 6.42 Å². The van der Waals surface area contributed by atoms with Crippen molar-refractivity contribution in [3.8, 4) is 0 Å². The quantitative estimate of drug-likeness (QED) is 0.578. The van der Waals surface area contributed by atoms with Crippen molar-refractivity contribution in [3.63, 3.8) is 0 Å². The summed E-state index contributed by atoms with van der Waals surface area (Å²) in [6, 6.07) is 0. The molecule has 1 saturated heterocycles. The second-order valence-corrected chi connectivity index (χ2v) is 2.90. The molecule has 0 spiro atoms. The highest BCUT2D eigenvalue weighted by Crippen LogP contribution is 2.01. The average molecular weight is 172 g/mol. The van der Waals surface area contributed by atoms with E-state index in [1.165, 1.54) is 0 Å². The standard InChI is InChI=1S/C8H16N2O2/c1-9-8-7-10(3-2-5-11)4-6-12-8/h5,8-9H,2-4,6-7H2,1H3. The Kier molecular flexibility index (Phi) is 4.21. The SMILES string of the molecule is CNC1CN(CCC=O)CCO1. The highest BCUT2D eigenvalue weighted by molar-refractivity contribution is 5.49. The van der Waals surface area contributed by atoms with Crippen molar-refractivity contribution in [2.75, 3.05) is 33.3 Å². The maximum Gasteiger partial charge on any atom is 0.121 e. The molecule has 0 aliphatic carbocycles. The Morgan fingerprint density at radius 2 is 2.58 bits per heavy atom. The van der Waals surface area contributed by atoms with Gasteiger partial charge < -0.3 is 9.53 Å². The zero-order valence-electron chi connectivity index (χ0n) is 7.45. The van der Waals surface area contributed by atoms with Crippen molar-refractivity contribution in [1.29, 1.82) is 0 Å². The van der Waals surface area contributed by atoms with E-state index < -0.39 is 0 Å². The molecule has 4 nitrogen and oxygen atoms in total. The van der Waals surface area contributed by atoms with Gasteiger partial charge in [-0.1, -0.05) is 0 Å². The molecular weight excluding hydrogens is 156 g/mol. The third-order valence-electron chi connectivity index (χ3n) is 2.04. The number of likely N-dealkylation sites (N-methyl/N-ethyl adjacent to an activating group) is 1. The molecule has 1 rings (SSSR count). The third kappa shape index (κ3) is 2.89. The Labute approximate surface area is 72.9 Å². The fourth-order valence-corrected chi connectivity index (χ4v) is 1.32. The smallest absolute Gasteiger partial charge is 0.121 e. The molecule has 0 bridgehead atoms. The van der Waals surface area contributed by atoms with Gasteiger partial charge in [0.2, 0.25) is 0 Å². The van der Waals surface area contributed by atoms with Crippen molar-refractivity contribution >= 4 is 6.29 Å². The van der Waals surface area contributed by atoms with Gasteiger partial charge in [-0.15, -0.1) is 0 Å². The number of ether oxygens (including phenoxy) is 1. The second-order valence-electron chi connectivity index (χ2n) is 2.90. The van der Waals surface area contributed by atoms with Gasteiger partial charge in [0.05, 0.1) is 6.61 Å². The molecule has 1 N–H and O–H groups in total. The van der Waals surface area contributed by atoms with E-state index in [9.17, 15) is 4.79 Å². The number of hydrogen-bond acceptors (Lipinski definition) is 4. The predicted octanol–water partition coefficient (Wildman–Crippen LogP) is -0.547. The van der Waals surface area contributed by atoms with Crippen LogP contribution in [0.4, 0.5) is 0 Å². The van der Waals surface area contributed by atoms with Crippen molar-refractivity contribution < 1.29 is 9.53 Å². The Bertz CT molecular complexity index is 141. The lowest BCUT2D eigenvalue weighted by molar-refractivity contribution is -0.108. The van der Waals surface area contributed by atoms with Crippen LogP contribution in [0.25, 0.3) is 0 Å². The first-order chi connectivity index (χ1) is 5.86. The number of nitrogens with zero attached hydrogens (tertiary/aromatic N) is 1. The van der Waals surface area contributed by atoms with Gasteiger partial charge >= 0.3 is 0 Å². The van der Waals surface area contributed by atoms with Crippen LogP contribution < -0.4 is 5.32 Å². The minimum atomic E-state index is 0.130. The van der Waals surface area contributed by atoms with E-state index in [4.69, 9.17) is 4.74 Å². The maximum atomic E-state index is 10.1. The zero-order valence-corrected chi connectivity index (χ0v) is 7.45. The summed E-state index contributed by atoms with van der Waals surface area (Å²) in [5.41, 5.74) is 0. The maximum absolute atomic E-state index is 10.1. The Balaban J connectivity index is 2.20. The van der Waals surface area contributed by atoms with Crippen LogP contribution in [0.3, 0.4) is 0 Å². The lowest BCUT2D eigenvalue weighted by Gasteiger charge is -2.32. The molecular formula is C8H16N2O2. The Morgan fingerprint density at radius 3 is 3.25 bits per heavy atom. The molecule has 1 heterocycles. The van der Waals surface area contributed by atoms with Crippen molar-refractivity contribution in [2.45, 2.75) is 12.6 Å². The van der Waals surface area contributed by atoms with Gasteiger partial charge in [-0.2, -0.15) is 0 Å². The summed E-state index contributed by atoms with van der Waals surface area (Å²) >= 11 is 0. The first kappa shape index (κ1) is 9.64. The van der Waals surface area contributed by atoms with Crippen LogP contribution in [0, 0.1) is 0 Å². The van der Waals surface area contributed by atoms with E-state index in [-0.39, 0.29) is 6.23 Å². The summed E-state index contributed by atoms with van der Waals surface area (Å²) in [5.74, 6) is 0. The molecule has 1 fully saturated rings. The molecule has 1 aliphatic rings. The fourth-order valence-electron chi connectivity index (χ4n) is 1.32. The molecule has 1 unspecified atom stereocenters. The van der Waals surface area contributed by atoms with Gasteiger partial charge in [0, 0.05) is 26.1 Å². The van der Waals surface area contributed by atoms with E-state index in [0.29, 0.717) is 6.42 Å². The molecule has 0 aromatic rings. The topological polar surface area (TPSA) is 41.6 Å². The van der Waals surface area contributed by atoms with Gasteiger partial charge in [-0.05, 0) is 7.05 Å². The highest BCUT2D eigenvalue weighted by Gasteiger charge is 2.17. The molecule has 1 atom stereocenters. The average Bonchev–Trinajstić information content (AvgIpc) is 2.15. The number of rotatable bonds is 4. The van der Waals surface area contributed by atoms with Crippen molar-refractivity contribution in [1.82, 2.24) is 10.2 Å². The molecule has 0 saturated carbocycles. The number of carbonyl (C=O) groups is 1. The van der Waals surface area contributed by atoms with E-state index in [1.54, 1.807) is 0 Å². The minimum absolute atomic E-state index is 0.130. The van der Waals surface area contributed by atoms with Crippen LogP contribution in [-0.4, -0.2) is 50.7 Å². The number of nitrogens with one attached hydrogen (secondary N) is 1. The summed E-state index contributed by atoms with van der Waals surface area (Å²) in [4.78, 5) is 12.4. The van der Waals surface area contributed by atoms with E-state index >= 15 is 0 Å². The van der Waals surface area contributed by atoms with E-state index in [0.717, 1.165) is 32.5 Å². The van der Waals surface area contributed by atoms with E-state index in [1.807, 2.05) is 7.05 Å². The molecule has 4 heteroatoms. The number of carbonyl (C=O) groups excluding carboxylic acids is 1. The van der Waals surface area contributed by atoms with Crippen LogP contribution in [-0.2, 0) is 9.53 Å². The highest BCUT2D eigenvalue weighted by atomic mass is 16.5. The van der Waals surface area contributed by atoms with E-state index in [2.05, 4.69) is 10.2 Å². The third-order valence-corrected chi connectivity index (χ3v) is 2.04. The minimum Gasteiger partial charge on any atom is -0.361 e. The number of hydrogen-bond donors (Lipinski definition) is 1. The Hall–Kier alpha value is -0.450. The first-order valence-corrected chi connectivity index (χ1v) is 4.31. The number of aldehydes is 1. The summed E-state index contributed by atoms with van der Waals surface area (Å²) in [6.45, 7) is 3.42. The van der Waals surface area contributed by atoms with Crippen LogP contribution in [0.15, 0.2) is 0 Å². The van der Waals surface area contributed by atoms with Gasteiger partial charge in [-0.25, -0.2) is 0 Å². The molecule has 12 heavy (non-hydrogen) atoms. The monoisotopic (exact) mass is 172 g/mol. The van der Waals surface area contributed by atoms with Gasteiger partial charge in [0.15, 0.2) is 0 Å². The molecule has 0 aromatic heterocycles. The zero-order chi connectivity index (χ0) is 8.81. The fraction of sp³-hybridized carbons (Fsp3) is 0.875. The normalized spacial score (nSPS) is 25.6. The van der Waals surface area contributed by atoms with Crippen LogP contribution >= 0.6 is 0 Å². The number of morpholine rings is 1. The summed E-state index contributed by atoms with van der Waals surface area (Å²) in [6.07, 6.45) is 1.71.